The second-order valence-corrected chi connectivity index (χ2v) is 3.35. The third-order valence-corrected chi connectivity index (χ3v) is 2.18. The predicted octanol–water partition coefficient (Wildman–Crippen LogP) is 3.05. The maximum atomic E-state index is 13.5. The van der Waals surface area contributed by atoms with Crippen molar-refractivity contribution in [3.8, 4) is 18.1 Å². The SMILES string of the molecule is C#CC(CC)Nc1ccc(OCC)c(F)c1. The summed E-state index contributed by atoms with van der Waals surface area (Å²) < 4.78 is 18.6. The Balaban J connectivity index is 2.77. The Morgan fingerprint density at radius 2 is 2.25 bits per heavy atom. The average Bonchev–Trinajstić information content (AvgIpc) is 2.29. The Hall–Kier alpha value is -1.69. The minimum Gasteiger partial charge on any atom is -0.491 e. The normalized spacial score (nSPS) is 11.6. The van der Waals surface area contributed by atoms with Gasteiger partial charge in [0, 0.05) is 11.8 Å². The quantitative estimate of drug-likeness (QED) is 0.771. The molecule has 0 saturated carbocycles. The fourth-order valence-corrected chi connectivity index (χ4v) is 1.33. The molecule has 0 aliphatic carbocycles. The topological polar surface area (TPSA) is 21.3 Å². The van der Waals surface area contributed by atoms with Crippen molar-refractivity contribution in [3.05, 3.63) is 24.0 Å². The van der Waals surface area contributed by atoms with Crippen LogP contribution in [0.2, 0.25) is 0 Å². The lowest BCUT2D eigenvalue weighted by Crippen LogP contribution is -2.15. The van der Waals surface area contributed by atoms with E-state index in [4.69, 9.17) is 11.2 Å². The zero-order valence-corrected chi connectivity index (χ0v) is 9.59. The van der Waals surface area contributed by atoms with Gasteiger partial charge in [0.2, 0.25) is 0 Å². The fraction of sp³-hybridized carbons (Fsp3) is 0.385. The summed E-state index contributed by atoms with van der Waals surface area (Å²) in [5.41, 5.74) is 0.672. The number of rotatable bonds is 5. The van der Waals surface area contributed by atoms with E-state index in [2.05, 4.69) is 11.2 Å². The molecule has 0 fully saturated rings. The molecule has 1 unspecified atom stereocenters. The highest BCUT2D eigenvalue weighted by Crippen LogP contribution is 2.21. The number of halogens is 1. The summed E-state index contributed by atoms with van der Waals surface area (Å²) in [6, 6.07) is 4.68. The minimum absolute atomic E-state index is 0.0719. The molecule has 0 aliphatic rings. The zero-order valence-electron chi connectivity index (χ0n) is 9.59. The van der Waals surface area contributed by atoms with Crippen LogP contribution in [0.1, 0.15) is 20.3 Å². The number of anilines is 1. The van der Waals surface area contributed by atoms with Gasteiger partial charge in [0.25, 0.3) is 0 Å². The molecule has 0 aromatic heterocycles. The van der Waals surface area contributed by atoms with Crippen LogP contribution in [-0.4, -0.2) is 12.6 Å². The molecule has 0 aliphatic heterocycles. The van der Waals surface area contributed by atoms with Crippen molar-refractivity contribution >= 4 is 5.69 Å². The van der Waals surface area contributed by atoms with E-state index in [0.717, 1.165) is 6.42 Å². The van der Waals surface area contributed by atoms with Crippen LogP contribution in [0.4, 0.5) is 10.1 Å². The van der Waals surface area contributed by atoms with E-state index in [9.17, 15) is 4.39 Å². The molecule has 1 rings (SSSR count). The van der Waals surface area contributed by atoms with Crippen LogP contribution >= 0.6 is 0 Å². The van der Waals surface area contributed by atoms with E-state index in [1.54, 1.807) is 12.1 Å². The van der Waals surface area contributed by atoms with Gasteiger partial charge < -0.3 is 10.1 Å². The van der Waals surface area contributed by atoms with E-state index in [1.807, 2.05) is 13.8 Å². The molecular formula is C13H16FNO. The minimum atomic E-state index is -0.376. The molecule has 0 amide bonds. The standard InChI is InChI=1S/C13H16FNO/c1-4-10(5-2)15-11-7-8-13(16-6-3)12(14)9-11/h1,7-10,15H,5-6H2,2-3H3. The van der Waals surface area contributed by atoms with Gasteiger partial charge in [-0.3, -0.25) is 0 Å². The van der Waals surface area contributed by atoms with Gasteiger partial charge in [0.15, 0.2) is 11.6 Å². The molecular weight excluding hydrogens is 205 g/mol. The van der Waals surface area contributed by atoms with Gasteiger partial charge in [-0.15, -0.1) is 6.42 Å². The van der Waals surface area contributed by atoms with Gasteiger partial charge in [0.1, 0.15) is 0 Å². The van der Waals surface area contributed by atoms with E-state index < -0.39 is 0 Å². The summed E-state index contributed by atoms with van der Waals surface area (Å²) >= 11 is 0. The van der Waals surface area contributed by atoms with Gasteiger partial charge in [0.05, 0.1) is 12.6 Å². The third-order valence-electron chi connectivity index (χ3n) is 2.18. The smallest absolute Gasteiger partial charge is 0.167 e. The van der Waals surface area contributed by atoms with Gasteiger partial charge >= 0.3 is 0 Å². The number of terminal acetylenes is 1. The van der Waals surface area contributed by atoms with Crippen LogP contribution in [0.15, 0.2) is 18.2 Å². The summed E-state index contributed by atoms with van der Waals surface area (Å²) in [5, 5.41) is 3.06. The number of ether oxygens (including phenoxy) is 1. The molecule has 1 atom stereocenters. The lowest BCUT2D eigenvalue weighted by atomic mass is 10.2. The highest BCUT2D eigenvalue weighted by molar-refractivity contribution is 5.49. The number of nitrogens with one attached hydrogen (secondary N) is 1. The maximum Gasteiger partial charge on any atom is 0.167 e. The fourth-order valence-electron chi connectivity index (χ4n) is 1.33. The molecule has 1 aromatic rings. The molecule has 1 N–H and O–H groups in total. The summed E-state index contributed by atoms with van der Waals surface area (Å²) in [6.07, 6.45) is 6.11. The second kappa shape index (κ2) is 6.02. The summed E-state index contributed by atoms with van der Waals surface area (Å²) in [7, 11) is 0. The maximum absolute atomic E-state index is 13.5. The molecule has 1 aromatic carbocycles. The Morgan fingerprint density at radius 3 is 2.75 bits per heavy atom. The molecule has 86 valence electrons. The molecule has 0 heterocycles. The van der Waals surface area contributed by atoms with E-state index in [-0.39, 0.29) is 17.6 Å². The molecule has 16 heavy (non-hydrogen) atoms. The lowest BCUT2D eigenvalue weighted by molar-refractivity contribution is 0.321. The predicted molar refractivity (Wildman–Crippen MR) is 64.1 cm³/mol. The van der Waals surface area contributed by atoms with Crippen molar-refractivity contribution in [2.24, 2.45) is 0 Å². The molecule has 0 spiro atoms. The first-order valence-electron chi connectivity index (χ1n) is 5.36. The van der Waals surface area contributed by atoms with Crippen molar-refractivity contribution in [3.63, 3.8) is 0 Å². The van der Waals surface area contributed by atoms with Gasteiger partial charge in [-0.1, -0.05) is 12.8 Å². The highest BCUT2D eigenvalue weighted by atomic mass is 19.1. The summed E-state index contributed by atoms with van der Waals surface area (Å²) in [6.45, 7) is 4.24. The van der Waals surface area contributed by atoms with Crippen LogP contribution < -0.4 is 10.1 Å². The number of hydrogen-bond donors (Lipinski definition) is 1. The van der Waals surface area contributed by atoms with Crippen molar-refractivity contribution in [1.29, 1.82) is 0 Å². The molecule has 3 heteroatoms. The summed E-state index contributed by atoms with van der Waals surface area (Å²) in [5.74, 6) is 2.48. The van der Waals surface area contributed by atoms with E-state index in [0.29, 0.717) is 12.3 Å². The first kappa shape index (κ1) is 12.4. The number of hydrogen-bond acceptors (Lipinski definition) is 2. The van der Waals surface area contributed by atoms with Gasteiger partial charge in [-0.25, -0.2) is 4.39 Å². The van der Waals surface area contributed by atoms with E-state index in [1.165, 1.54) is 6.07 Å². The lowest BCUT2D eigenvalue weighted by Gasteiger charge is -2.13. The third kappa shape index (κ3) is 3.16. The second-order valence-electron chi connectivity index (χ2n) is 3.35. The summed E-state index contributed by atoms with van der Waals surface area (Å²) in [4.78, 5) is 0. The van der Waals surface area contributed by atoms with Crippen LogP contribution in [0.5, 0.6) is 5.75 Å². The van der Waals surface area contributed by atoms with Gasteiger partial charge in [-0.05, 0) is 25.5 Å². The molecule has 0 radical (unpaired) electrons. The average molecular weight is 221 g/mol. The Kier molecular flexibility index (Phi) is 4.65. The van der Waals surface area contributed by atoms with E-state index >= 15 is 0 Å². The van der Waals surface area contributed by atoms with Crippen molar-refractivity contribution < 1.29 is 9.13 Å². The molecule has 0 saturated heterocycles. The van der Waals surface area contributed by atoms with Crippen molar-refractivity contribution in [1.82, 2.24) is 0 Å². The van der Waals surface area contributed by atoms with Crippen LogP contribution in [0, 0.1) is 18.2 Å². The number of benzene rings is 1. The van der Waals surface area contributed by atoms with Gasteiger partial charge in [-0.2, -0.15) is 0 Å². The van der Waals surface area contributed by atoms with Crippen LogP contribution in [0.3, 0.4) is 0 Å². The van der Waals surface area contributed by atoms with Crippen LogP contribution in [0.25, 0.3) is 0 Å². The zero-order chi connectivity index (χ0) is 12.0. The Morgan fingerprint density at radius 1 is 1.50 bits per heavy atom. The Bertz CT molecular complexity index is 384. The van der Waals surface area contributed by atoms with Crippen LogP contribution in [-0.2, 0) is 0 Å². The monoisotopic (exact) mass is 221 g/mol. The first-order valence-corrected chi connectivity index (χ1v) is 5.36. The first-order chi connectivity index (χ1) is 7.71. The largest absolute Gasteiger partial charge is 0.491 e. The van der Waals surface area contributed by atoms with Crippen molar-refractivity contribution in [2.75, 3.05) is 11.9 Å². The molecule has 0 bridgehead atoms. The molecule has 2 nitrogen and oxygen atoms in total. The Labute approximate surface area is 95.8 Å². The van der Waals surface area contributed by atoms with Crippen molar-refractivity contribution in [2.45, 2.75) is 26.3 Å². The highest BCUT2D eigenvalue weighted by Gasteiger charge is 2.06.